The number of aryl methyl sites for hydroxylation is 2. The lowest BCUT2D eigenvalue weighted by atomic mass is 9.98. The fraction of sp³-hybridized carbons (Fsp3) is 0.611. The number of benzene rings is 1. The molecule has 0 aliphatic heterocycles. The van der Waals surface area contributed by atoms with Gasteiger partial charge in [0.05, 0.1) is 6.61 Å². The van der Waals surface area contributed by atoms with Crippen LogP contribution in [0.15, 0.2) is 12.1 Å². The van der Waals surface area contributed by atoms with Crippen molar-refractivity contribution in [2.45, 2.75) is 52.6 Å². The third-order valence-corrected chi connectivity index (χ3v) is 4.40. The first kappa shape index (κ1) is 16.8. The van der Waals surface area contributed by atoms with E-state index in [4.69, 9.17) is 9.47 Å². The van der Waals surface area contributed by atoms with Gasteiger partial charge in [-0.1, -0.05) is 6.92 Å². The van der Waals surface area contributed by atoms with Gasteiger partial charge in [0.25, 0.3) is 5.91 Å². The van der Waals surface area contributed by atoms with E-state index in [1.165, 1.54) is 0 Å². The Morgan fingerprint density at radius 3 is 2.36 bits per heavy atom. The first-order chi connectivity index (χ1) is 10.4. The van der Waals surface area contributed by atoms with Crippen molar-refractivity contribution in [3.05, 3.63) is 23.3 Å². The van der Waals surface area contributed by atoms with Gasteiger partial charge < -0.3 is 14.8 Å². The van der Waals surface area contributed by atoms with Gasteiger partial charge in [0.1, 0.15) is 11.4 Å². The molecule has 1 N–H and O–H groups in total. The summed E-state index contributed by atoms with van der Waals surface area (Å²) in [6.07, 6.45) is 3.09. The highest BCUT2D eigenvalue weighted by molar-refractivity contribution is 5.97. The molecule has 1 fully saturated rings. The van der Waals surface area contributed by atoms with Gasteiger partial charge in [-0.2, -0.15) is 0 Å². The van der Waals surface area contributed by atoms with Crippen molar-refractivity contribution in [3.63, 3.8) is 0 Å². The molecule has 0 spiro atoms. The molecular weight excluding hydrogens is 278 g/mol. The lowest BCUT2D eigenvalue weighted by molar-refractivity contribution is -0.138. The van der Waals surface area contributed by atoms with Crippen LogP contribution >= 0.6 is 0 Å². The Bertz CT molecular complexity index is 528. The maximum absolute atomic E-state index is 12.6. The minimum Gasteiger partial charge on any atom is -0.493 e. The van der Waals surface area contributed by atoms with Crippen LogP contribution in [0.2, 0.25) is 0 Å². The molecule has 122 valence electrons. The maximum Gasteiger partial charge on any atom is 0.256 e. The number of carbonyl (C=O) groups excluding carboxylic acids is 1. The molecule has 1 atom stereocenters. The molecule has 0 unspecified atom stereocenters. The molecule has 0 aromatic heterocycles. The minimum absolute atomic E-state index is 0.0708. The Morgan fingerprint density at radius 2 is 1.91 bits per heavy atom. The largest absolute Gasteiger partial charge is 0.493 e. The molecule has 1 amide bonds. The predicted molar refractivity (Wildman–Crippen MR) is 88.5 cm³/mol. The second-order valence-corrected chi connectivity index (χ2v) is 6.33. The number of rotatable bonds is 7. The summed E-state index contributed by atoms with van der Waals surface area (Å²) in [6.45, 7) is 8.67. The number of ether oxygens (including phenoxy) is 2. The Hall–Kier alpha value is -1.55. The van der Waals surface area contributed by atoms with Crippen LogP contribution in [-0.2, 0) is 9.53 Å². The van der Waals surface area contributed by atoms with Gasteiger partial charge in [0.2, 0.25) is 0 Å². The van der Waals surface area contributed by atoms with Crippen LogP contribution < -0.4 is 10.1 Å². The van der Waals surface area contributed by atoms with Crippen molar-refractivity contribution in [1.82, 2.24) is 0 Å². The molecule has 1 aromatic rings. The number of methoxy groups -OCH3 is 1. The number of hydrogen-bond donors (Lipinski definition) is 1. The lowest BCUT2D eigenvalue weighted by Gasteiger charge is -2.27. The summed E-state index contributed by atoms with van der Waals surface area (Å²) in [6, 6.07) is 3.91. The normalized spacial score (nSPS) is 17.0. The number of hydrogen-bond acceptors (Lipinski definition) is 3. The molecule has 0 bridgehead atoms. The van der Waals surface area contributed by atoms with Crippen molar-refractivity contribution >= 4 is 11.6 Å². The van der Waals surface area contributed by atoms with E-state index in [0.717, 1.165) is 41.8 Å². The summed E-state index contributed by atoms with van der Waals surface area (Å²) < 4.78 is 11.3. The molecule has 1 saturated carbocycles. The van der Waals surface area contributed by atoms with Crippen molar-refractivity contribution in [2.24, 2.45) is 5.92 Å². The summed E-state index contributed by atoms with van der Waals surface area (Å²) >= 11 is 0. The molecule has 0 saturated heterocycles. The average molecular weight is 305 g/mol. The van der Waals surface area contributed by atoms with Crippen molar-refractivity contribution in [3.8, 4) is 5.75 Å². The first-order valence-corrected chi connectivity index (χ1v) is 8.03. The van der Waals surface area contributed by atoms with E-state index in [1.807, 2.05) is 32.9 Å². The zero-order valence-electron chi connectivity index (χ0n) is 14.3. The zero-order chi connectivity index (χ0) is 16.3. The molecule has 4 nitrogen and oxygen atoms in total. The van der Waals surface area contributed by atoms with Crippen molar-refractivity contribution in [1.29, 1.82) is 0 Å². The fourth-order valence-corrected chi connectivity index (χ4v) is 2.79. The van der Waals surface area contributed by atoms with E-state index in [-0.39, 0.29) is 5.91 Å². The second kappa shape index (κ2) is 6.69. The van der Waals surface area contributed by atoms with Crippen LogP contribution in [-0.4, -0.2) is 25.2 Å². The molecule has 22 heavy (non-hydrogen) atoms. The maximum atomic E-state index is 12.6. The molecule has 1 aliphatic carbocycles. The fourth-order valence-electron chi connectivity index (χ4n) is 2.79. The quantitative estimate of drug-likeness (QED) is 0.832. The van der Waals surface area contributed by atoms with Gasteiger partial charge in [-0.15, -0.1) is 0 Å². The number of nitrogens with one attached hydrogen (secondary N) is 1. The standard InChI is InChI=1S/C18H27NO3/c1-6-9-22-16-12(2)10-15(11-13(16)3)19-17(20)18(4,21-5)14-7-8-14/h10-11,14H,6-9H2,1-5H3,(H,19,20)/t18-/m0/s1. The van der Waals surface area contributed by atoms with Crippen LogP contribution in [0.3, 0.4) is 0 Å². The third-order valence-electron chi connectivity index (χ3n) is 4.40. The smallest absolute Gasteiger partial charge is 0.256 e. The van der Waals surface area contributed by atoms with Crippen LogP contribution in [0.25, 0.3) is 0 Å². The Balaban J connectivity index is 2.14. The molecule has 0 radical (unpaired) electrons. The highest BCUT2D eigenvalue weighted by Crippen LogP contribution is 2.42. The first-order valence-electron chi connectivity index (χ1n) is 8.03. The van der Waals surface area contributed by atoms with E-state index >= 15 is 0 Å². The summed E-state index contributed by atoms with van der Waals surface area (Å²) in [4.78, 5) is 12.6. The number of amides is 1. The third kappa shape index (κ3) is 3.43. The van der Waals surface area contributed by atoms with Gasteiger partial charge in [0, 0.05) is 12.8 Å². The van der Waals surface area contributed by atoms with E-state index in [1.54, 1.807) is 7.11 Å². The van der Waals surface area contributed by atoms with Crippen LogP contribution in [0.5, 0.6) is 5.75 Å². The van der Waals surface area contributed by atoms with E-state index in [0.29, 0.717) is 12.5 Å². The topological polar surface area (TPSA) is 47.6 Å². The number of anilines is 1. The summed E-state index contributed by atoms with van der Waals surface area (Å²) in [5.41, 5.74) is 2.13. The summed E-state index contributed by atoms with van der Waals surface area (Å²) in [7, 11) is 1.61. The highest BCUT2D eigenvalue weighted by atomic mass is 16.5. The lowest BCUT2D eigenvalue weighted by Crippen LogP contribution is -2.44. The predicted octanol–water partition coefficient (Wildman–Crippen LogP) is 3.85. The van der Waals surface area contributed by atoms with Gasteiger partial charge in [0.15, 0.2) is 0 Å². The van der Waals surface area contributed by atoms with Crippen LogP contribution in [0, 0.1) is 19.8 Å². The van der Waals surface area contributed by atoms with Gasteiger partial charge in [-0.25, -0.2) is 0 Å². The zero-order valence-corrected chi connectivity index (χ0v) is 14.3. The van der Waals surface area contributed by atoms with Crippen molar-refractivity contribution in [2.75, 3.05) is 19.0 Å². The van der Waals surface area contributed by atoms with E-state index in [2.05, 4.69) is 12.2 Å². The Morgan fingerprint density at radius 1 is 1.32 bits per heavy atom. The molecule has 1 aliphatic rings. The molecule has 0 heterocycles. The van der Waals surface area contributed by atoms with E-state index < -0.39 is 5.60 Å². The summed E-state index contributed by atoms with van der Waals surface area (Å²) in [5, 5.41) is 3.00. The van der Waals surface area contributed by atoms with E-state index in [9.17, 15) is 4.79 Å². The Labute approximate surface area is 133 Å². The molecule has 2 rings (SSSR count). The summed E-state index contributed by atoms with van der Waals surface area (Å²) in [5.74, 6) is 1.17. The van der Waals surface area contributed by atoms with Gasteiger partial charge in [-0.3, -0.25) is 4.79 Å². The van der Waals surface area contributed by atoms with Gasteiger partial charge >= 0.3 is 0 Å². The van der Waals surface area contributed by atoms with Crippen molar-refractivity contribution < 1.29 is 14.3 Å². The van der Waals surface area contributed by atoms with Crippen LogP contribution in [0.4, 0.5) is 5.69 Å². The molecule has 1 aromatic carbocycles. The Kier molecular flexibility index (Phi) is 5.12. The highest BCUT2D eigenvalue weighted by Gasteiger charge is 2.47. The van der Waals surface area contributed by atoms with Gasteiger partial charge in [-0.05, 0) is 69.2 Å². The molecule has 4 heteroatoms. The average Bonchev–Trinajstić information content (AvgIpc) is 3.30. The SMILES string of the molecule is CCCOc1c(C)cc(NC(=O)[C@@](C)(OC)C2CC2)cc1C. The second-order valence-electron chi connectivity index (χ2n) is 6.33. The number of carbonyl (C=O) groups is 1. The monoisotopic (exact) mass is 305 g/mol. The minimum atomic E-state index is -0.737. The molecular formula is C18H27NO3. The van der Waals surface area contributed by atoms with Crippen LogP contribution in [0.1, 0.15) is 44.2 Å².